The van der Waals surface area contributed by atoms with Gasteiger partial charge in [0.2, 0.25) is 0 Å². The van der Waals surface area contributed by atoms with Crippen LogP contribution in [0.2, 0.25) is 0 Å². The molecule has 3 fully saturated rings. The van der Waals surface area contributed by atoms with E-state index >= 15 is 0 Å². The lowest BCUT2D eigenvalue weighted by atomic mass is 9.90. The van der Waals surface area contributed by atoms with Gasteiger partial charge in [0.25, 0.3) is 0 Å². The third kappa shape index (κ3) is 3.69. The van der Waals surface area contributed by atoms with Crippen LogP contribution in [-0.2, 0) is 9.47 Å². The molecule has 0 aromatic heterocycles. The van der Waals surface area contributed by atoms with Gasteiger partial charge in [0.1, 0.15) is 0 Å². The van der Waals surface area contributed by atoms with Gasteiger partial charge in [-0.1, -0.05) is 12.8 Å². The number of rotatable bonds is 4. The van der Waals surface area contributed by atoms with Gasteiger partial charge in [-0.15, -0.1) is 0 Å². The van der Waals surface area contributed by atoms with E-state index < -0.39 is 0 Å². The molecule has 4 heteroatoms. The Labute approximate surface area is 116 Å². The molecule has 2 unspecified atom stereocenters. The summed E-state index contributed by atoms with van der Waals surface area (Å²) < 4.78 is 11.3. The predicted octanol–water partition coefficient (Wildman–Crippen LogP) is 1.40. The Balaban J connectivity index is 1.40. The van der Waals surface area contributed by atoms with E-state index in [1.807, 2.05) is 0 Å². The molecule has 0 amide bonds. The summed E-state index contributed by atoms with van der Waals surface area (Å²) in [7, 11) is 0. The molecule has 0 aromatic carbocycles. The maximum Gasteiger partial charge on any atom is 0.0730 e. The second-order valence-electron chi connectivity index (χ2n) is 6.14. The predicted molar refractivity (Wildman–Crippen MR) is 75.4 cm³/mol. The average Bonchev–Trinajstić information content (AvgIpc) is 2.49. The normalized spacial score (nSPS) is 34.1. The van der Waals surface area contributed by atoms with Crippen LogP contribution in [0, 0.1) is 0 Å². The number of hydrogen-bond donors (Lipinski definition) is 1. The van der Waals surface area contributed by atoms with E-state index in [1.54, 1.807) is 0 Å². The summed E-state index contributed by atoms with van der Waals surface area (Å²) in [6.07, 6.45) is 8.22. The molecule has 2 atom stereocenters. The second kappa shape index (κ2) is 7.02. The molecule has 0 radical (unpaired) electrons. The fourth-order valence-corrected chi connectivity index (χ4v) is 3.77. The minimum atomic E-state index is 0.519. The van der Waals surface area contributed by atoms with E-state index in [4.69, 9.17) is 9.47 Å². The Bertz CT molecular complexity index is 267. The zero-order valence-electron chi connectivity index (χ0n) is 12.0. The number of hydrogen-bond acceptors (Lipinski definition) is 4. The highest BCUT2D eigenvalue weighted by molar-refractivity contribution is 4.87. The number of ether oxygens (including phenoxy) is 2. The number of nitrogens with zero attached hydrogens (tertiary/aromatic N) is 1. The number of nitrogens with one attached hydrogen (secondary N) is 1. The summed E-state index contributed by atoms with van der Waals surface area (Å²) in [5, 5.41) is 3.70. The van der Waals surface area contributed by atoms with Crippen molar-refractivity contribution in [2.24, 2.45) is 0 Å². The first kappa shape index (κ1) is 13.8. The minimum Gasteiger partial charge on any atom is -0.381 e. The Morgan fingerprint density at radius 1 is 1.00 bits per heavy atom. The largest absolute Gasteiger partial charge is 0.381 e. The summed E-state index contributed by atoms with van der Waals surface area (Å²) in [4.78, 5) is 2.67. The van der Waals surface area contributed by atoms with Crippen LogP contribution in [-0.4, -0.2) is 62.5 Å². The van der Waals surface area contributed by atoms with Gasteiger partial charge >= 0.3 is 0 Å². The van der Waals surface area contributed by atoms with Crippen LogP contribution in [0.3, 0.4) is 0 Å². The molecule has 19 heavy (non-hydrogen) atoms. The van der Waals surface area contributed by atoms with E-state index in [9.17, 15) is 0 Å². The van der Waals surface area contributed by atoms with Crippen molar-refractivity contribution in [1.29, 1.82) is 0 Å². The zero-order valence-corrected chi connectivity index (χ0v) is 12.0. The van der Waals surface area contributed by atoms with Gasteiger partial charge in [0.15, 0.2) is 0 Å². The average molecular weight is 268 g/mol. The lowest BCUT2D eigenvalue weighted by Gasteiger charge is -2.44. The molecule has 1 saturated carbocycles. The molecule has 3 rings (SSSR count). The van der Waals surface area contributed by atoms with Crippen LogP contribution < -0.4 is 5.32 Å². The molecular weight excluding hydrogens is 240 g/mol. The topological polar surface area (TPSA) is 33.7 Å². The molecule has 2 aliphatic heterocycles. The van der Waals surface area contributed by atoms with Gasteiger partial charge < -0.3 is 14.8 Å². The van der Waals surface area contributed by atoms with E-state index in [1.165, 1.54) is 45.1 Å². The molecular formula is C15H28N2O2. The van der Waals surface area contributed by atoms with Crippen molar-refractivity contribution in [3.63, 3.8) is 0 Å². The quantitative estimate of drug-likeness (QED) is 0.835. The Kier molecular flexibility index (Phi) is 5.10. The molecule has 3 aliphatic rings. The zero-order chi connectivity index (χ0) is 12.9. The standard InChI is InChI=1S/C15H28N2O2/c1-2-4-15-14(3-1)17(9-12-19-15)8-7-16-13-5-10-18-11-6-13/h13-16H,1-12H2. The molecule has 0 aromatic rings. The van der Waals surface area contributed by atoms with E-state index in [0.29, 0.717) is 18.2 Å². The Morgan fingerprint density at radius 2 is 1.84 bits per heavy atom. The highest BCUT2D eigenvalue weighted by Gasteiger charge is 2.33. The third-order valence-corrected chi connectivity index (χ3v) is 4.90. The molecule has 4 nitrogen and oxygen atoms in total. The van der Waals surface area contributed by atoms with E-state index in [-0.39, 0.29) is 0 Å². The van der Waals surface area contributed by atoms with Gasteiger partial charge in [0, 0.05) is 44.9 Å². The van der Waals surface area contributed by atoms with Gasteiger partial charge in [-0.3, -0.25) is 4.90 Å². The fourth-order valence-electron chi connectivity index (χ4n) is 3.77. The summed E-state index contributed by atoms with van der Waals surface area (Å²) in [6.45, 7) is 6.21. The molecule has 2 saturated heterocycles. The smallest absolute Gasteiger partial charge is 0.0730 e. The van der Waals surface area contributed by atoms with Gasteiger partial charge in [-0.05, 0) is 25.7 Å². The van der Waals surface area contributed by atoms with Gasteiger partial charge in [0.05, 0.1) is 12.7 Å². The molecule has 1 N–H and O–H groups in total. The SMILES string of the molecule is C1CCC2C(C1)OCCN2CCNC1CCOCC1. The van der Waals surface area contributed by atoms with Crippen molar-refractivity contribution in [3.05, 3.63) is 0 Å². The number of morpholine rings is 1. The summed E-state index contributed by atoms with van der Waals surface area (Å²) in [5.41, 5.74) is 0. The van der Waals surface area contributed by atoms with Crippen LogP contribution in [0.5, 0.6) is 0 Å². The fraction of sp³-hybridized carbons (Fsp3) is 1.00. The second-order valence-corrected chi connectivity index (χ2v) is 6.14. The van der Waals surface area contributed by atoms with Gasteiger partial charge in [-0.25, -0.2) is 0 Å². The summed E-state index contributed by atoms with van der Waals surface area (Å²) in [5.74, 6) is 0. The van der Waals surface area contributed by atoms with Crippen LogP contribution in [0.15, 0.2) is 0 Å². The molecule has 110 valence electrons. The van der Waals surface area contributed by atoms with Crippen LogP contribution in [0.1, 0.15) is 38.5 Å². The maximum atomic E-state index is 5.93. The van der Waals surface area contributed by atoms with Crippen LogP contribution in [0.25, 0.3) is 0 Å². The minimum absolute atomic E-state index is 0.519. The lowest BCUT2D eigenvalue weighted by molar-refractivity contribution is -0.0876. The maximum absolute atomic E-state index is 5.93. The Hall–Kier alpha value is -0.160. The molecule has 2 heterocycles. The lowest BCUT2D eigenvalue weighted by Crippen LogP contribution is -2.54. The first-order valence-electron chi connectivity index (χ1n) is 8.10. The van der Waals surface area contributed by atoms with Crippen molar-refractivity contribution in [2.75, 3.05) is 39.5 Å². The third-order valence-electron chi connectivity index (χ3n) is 4.90. The van der Waals surface area contributed by atoms with E-state index in [0.717, 1.165) is 32.9 Å². The van der Waals surface area contributed by atoms with Crippen LogP contribution >= 0.6 is 0 Å². The first-order valence-corrected chi connectivity index (χ1v) is 8.10. The monoisotopic (exact) mass is 268 g/mol. The highest BCUT2D eigenvalue weighted by atomic mass is 16.5. The molecule has 0 bridgehead atoms. The highest BCUT2D eigenvalue weighted by Crippen LogP contribution is 2.28. The summed E-state index contributed by atoms with van der Waals surface area (Å²) >= 11 is 0. The Morgan fingerprint density at radius 3 is 2.74 bits per heavy atom. The van der Waals surface area contributed by atoms with Crippen molar-refractivity contribution in [1.82, 2.24) is 10.2 Å². The van der Waals surface area contributed by atoms with Crippen LogP contribution in [0.4, 0.5) is 0 Å². The van der Waals surface area contributed by atoms with Crippen molar-refractivity contribution < 1.29 is 9.47 Å². The van der Waals surface area contributed by atoms with Gasteiger partial charge in [-0.2, -0.15) is 0 Å². The van der Waals surface area contributed by atoms with Crippen molar-refractivity contribution >= 4 is 0 Å². The van der Waals surface area contributed by atoms with E-state index in [2.05, 4.69) is 10.2 Å². The first-order chi connectivity index (χ1) is 9.43. The number of fused-ring (bicyclic) bond motifs is 1. The molecule has 1 aliphatic carbocycles. The summed E-state index contributed by atoms with van der Waals surface area (Å²) in [6, 6.07) is 1.37. The molecule has 0 spiro atoms. The van der Waals surface area contributed by atoms with Crippen molar-refractivity contribution in [2.45, 2.75) is 56.7 Å². The van der Waals surface area contributed by atoms with Crippen molar-refractivity contribution in [3.8, 4) is 0 Å².